The first-order chi connectivity index (χ1) is 14.1. The molecule has 2 aromatic rings. The number of halogens is 1. The van der Waals surface area contributed by atoms with Gasteiger partial charge in [0.05, 0.1) is 6.20 Å². The number of aromatic nitrogens is 3. The third-order valence-electron chi connectivity index (χ3n) is 4.36. The van der Waals surface area contributed by atoms with E-state index >= 15 is 0 Å². The number of hydrogen-bond acceptors (Lipinski definition) is 5. The van der Waals surface area contributed by atoms with Crippen LogP contribution in [0.2, 0.25) is 0 Å². The van der Waals surface area contributed by atoms with Crippen LogP contribution in [0.4, 0.5) is 5.69 Å². The molecule has 1 aromatic heterocycles. The van der Waals surface area contributed by atoms with E-state index < -0.39 is 0 Å². The Hall–Kier alpha value is -2.37. The van der Waals surface area contributed by atoms with Gasteiger partial charge >= 0.3 is 0 Å². The number of anilines is 1. The minimum Gasteiger partial charge on any atom is -0.375 e. The first-order valence-electron chi connectivity index (χ1n) is 9.89. The van der Waals surface area contributed by atoms with Crippen molar-refractivity contribution in [3.63, 3.8) is 0 Å². The van der Waals surface area contributed by atoms with Crippen LogP contribution in [0.5, 0.6) is 0 Å². The Morgan fingerprint density at radius 1 is 1.10 bits per heavy atom. The van der Waals surface area contributed by atoms with Gasteiger partial charge in [0.25, 0.3) is 0 Å². The molecule has 30 heavy (non-hydrogen) atoms. The van der Waals surface area contributed by atoms with Crippen LogP contribution in [0, 0.1) is 0 Å². The molecule has 0 saturated carbocycles. The van der Waals surface area contributed by atoms with Crippen LogP contribution >= 0.6 is 24.0 Å². The molecule has 0 aliphatic carbocycles. The van der Waals surface area contributed by atoms with Crippen molar-refractivity contribution in [2.24, 2.45) is 4.99 Å². The van der Waals surface area contributed by atoms with Crippen LogP contribution in [-0.4, -0.2) is 79.1 Å². The fourth-order valence-electron chi connectivity index (χ4n) is 2.60. The van der Waals surface area contributed by atoms with Crippen LogP contribution in [0.3, 0.4) is 0 Å². The molecule has 9 nitrogen and oxygen atoms in total. The molecule has 0 radical (unpaired) electrons. The average Bonchev–Trinajstić information content (AvgIpc) is 3.25. The molecular formula is C20H33IN8O. The minimum atomic E-state index is -0.0301. The number of para-hydroxylation sites is 1. The Morgan fingerprint density at radius 3 is 2.43 bits per heavy atom. The fraction of sp³-hybridized carbons (Fsp3) is 0.500. The van der Waals surface area contributed by atoms with Gasteiger partial charge in [0.15, 0.2) is 5.96 Å². The van der Waals surface area contributed by atoms with Crippen molar-refractivity contribution >= 4 is 41.5 Å². The monoisotopic (exact) mass is 528 g/mol. The molecule has 1 amide bonds. The summed E-state index contributed by atoms with van der Waals surface area (Å²) in [7, 11) is 5.55. The molecule has 2 N–H and O–H groups in total. The van der Waals surface area contributed by atoms with Crippen molar-refractivity contribution < 1.29 is 4.79 Å². The molecule has 0 bridgehead atoms. The number of carbonyl (C=O) groups excluding carboxylic acids is 1. The van der Waals surface area contributed by atoms with Gasteiger partial charge in [0.1, 0.15) is 6.54 Å². The van der Waals surface area contributed by atoms with Crippen LogP contribution in [0.15, 0.2) is 47.7 Å². The van der Waals surface area contributed by atoms with E-state index in [0.29, 0.717) is 5.96 Å². The second-order valence-electron chi connectivity index (χ2n) is 6.94. The summed E-state index contributed by atoms with van der Waals surface area (Å²) >= 11 is 0. The number of amides is 1. The number of hydrogen-bond donors (Lipinski definition) is 2. The van der Waals surface area contributed by atoms with Crippen molar-refractivity contribution in [1.82, 2.24) is 30.5 Å². The number of aliphatic imine (C=N–C) groups is 1. The zero-order valence-electron chi connectivity index (χ0n) is 18.0. The summed E-state index contributed by atoms with van der Waals surface area (Å²) in [6, 6.07) is 10.3. The van der Waals surface area contributed by atoms with Gasteiger partial charge < -0.3 is 20.4 Å². The summed E-state index contributed by atoms with van der Waals surface area (Å²) in [4.78, 5) is 20.0. The predicted octanol–water partition coefficient (Wildman–Crippen LogP) is 1.44. The Bertz CT molecular complexity index is 737. The van der Waals surface area contributed by atoms with Crippen molar-refractivity contribution in [1.29, 1.82) is 0 Å². The predicted molar refractivity (Wildman–Crippen MR) is 131 cm³/mol. The zero-order valence-corrected chi connectivity index (χ0v) is 20.3. The fourth-order valence-corrected chi connectivity index (χ4v) is 2.60. The lowest BCUT2D eigenvalue weighted by atomic mass is 10.3. The second kappa shape index (κ2) is 14.6. The highest BCUT2D eigenvalue weighted by atomic mass is 127. The van der Waals surface area contributed by atoms with E-state index in [4.69, 9.17) is 0 Å². The van der Waals surface area contributed by atoms with Gasteiger partial charge in [0.2, 0.25) is 5.91 Å². The summed E-state index contributed by atoms with van der Waals surface area (Å²) in [5, 5.41) is 14.4. The molecule has 0 fully saturated rings. The third-order valence-corrected chi connectivity index (χ3v) is 4.36. The largest absolute Gasteiger partial charge is 0.375 e. The van der Waals surface area contributed by atoms with E-state index in [1.54, 1.807) is 29.9 Å². The van der Waals surface area contributed by atoms with Crippen molar-refractivity contribution in [2.45, 2.75) is 19.4 Å². The van der Waals surface area contributed by atoms with Crippen molar-refractivity contribution in [3.05, 3.63) is 42.7 Å². The maximum atomic E-state index is 11.8. The Morgan fingerprint density at radius 2 is 1.80 bits per heavy atom. The molecule has 1 heterocycles. The molecule has 0 atom stereocenters. The Balaban J connectivity index is 0.00000450. The van der Waals surface area contributed by atoms with Gasteiger partial charge in [-0.3, -0.25) is 9.48 Å². The standard InChI is InChI=1S/C20H32N8O.HI/c1-26(2)19(29)17-23-20(22-12-8-15-28-16-13-24-25-28)21-11-7-14-27(3)18-9-5-4-6-10-18;/h4-6,9-10,13,16H,7-8,11-12,14-15,17H2,1-3H3,(H2,21,22,23);1H. The number of aryl methyl sites for hydroxylation is 1. The van der Waals surface area contributed by atoms with E-state index in [1.807, 2.05) is 24.4 Å². The first-order valence-corrected chi connectivity index (χ1v) is 9.89. The summed E-state index contributed by atoms with van der Waals surface area (Å²) in [6.07, 6.45) is 5.34. The maximum Gasteiger partial charge on any atom is 0.243 e. The number of benzene rings is 1. The molecule has 0 aliphatic heterocycles. The number of carbonyl (C=O) groups is 1. The van der Waals surface area contributed by atoms with Crippen LogP contribution in [0.1, 0.15) is 12.8 Å². The zero-order chi connectivity index (χ0) is 20.9. The first kappa shape index (κ1) is 25.7. The van der Waals surface area contributed by atoms with Crippen LogP contribution < -0.4 is 15.5 Å². The van der Waals surface area contributed by atoms with Gasteiger partial charge in [-0.25, -0.2) is 4.99 Å². The van der Waals surface area contributed by atoms with Crippen LogP contribution in [0.25, 0.3) is 0 Å². The topological polar surface area (TPSA) is 90.7 Å². The van der Waals surface area contributed by atoms with Crippen molar-refractivity contribution in [2.75, 3.05) is 52.2 Å². The number of likely N-dealkylation sites (N-methyl/N-ethyl adjacent to an activating group) is 1. The van der Waals surface area contributed by atoms with E-state index in [9.17, 15) is 4.79 Å². The highest BCUT2D eigenvalue weighted by Crippen LogP contribution is 2.10. The Kier molecular flexibility index (Phi) is 12.5. The summed E-state index contributed by atoms with van der Waals surface area (Å²) < 4.78 is 1.79. The SMILES string of the molecule is CN(C)C(=O)CN=C(NCCCN(C)c1ccccc1)NCCCn1ccnn1.I. The van der Waals surface area contributed by atoms with E-state index in [0.717, 1.165) is 39.0 Å². The van der Waals surface area contributed by atoms with E-state index in [2.05, 4.69) is 50.0 Å². The number of rotatable bonds is 11. The van der Waals surface area contributed by atoms with E-state index in [1.165, 1.54) is 5.69 Å². The number of nitrogens with one attached hydrogen (secondary N) is 2. The molecular weight excluding hydrogens is 495 g/mol. The lowest BCUT2D eigenvalue weighted by Crippen LogP contribution is -2.40. The number of nitrogens with zero attached hydrogens (tertiary/aromatic N) is 6. The minimum absolute atomic E-state index is 0. The van der Waals surface area contributed by atoms with Gasteiger partial charge in [-0.1, -0.05) is 23.4 Å². The normalized spacial score (nSPS) is 10.8. The summed E-state index contributed by atoms with van der Waals surface area (Å²) in [6.45, 7) is 3.31. The number of guanidine groups is 1. The van der Waals surface area contributed by atoms with E-state index in [-0.39, 0.29) is 36.4 Å². The molecule has 0 spiro atoms. The highest BCUT2D eigenvalue weighted by Gasteiger charge is 2.05. The van der Waals surface area contributed by atoms with Gasteiger partial charge in [0, 0.05) is 59.2 Å². The molecule has 166 valence electrons. The molecule has 0 aliphatic rings. The maximum absolute atomic E-state index is 11.8. The smallest absolute Gasteiger partial charge is 0.243 e. The third kappa shape index (κ3) is 9.90. The van der Waals surface area contributed by atoms with Gasteiger partial charge in [-0.2, -0.15) is 0 Å². The average molecular weight is 528 g/mol. The molecule has 0 unspecified atom stereocenters. The summed E-state index contributed by atoms with van der Waals surface area (Å²) in [5.41, 5.74) is 1.20. The molecule has 2 rings (SSSR count). The second-order valence-corrected chi connectivity index (χ2v) is 6.94. The molecule has 1 aromatic carbocycles. The Labute approximate surface area is 195 Å². The lowest BCUT2D eigenvalue weighted by molar-refractivity contribution is -0.127. The highest BCUT2D eigenvalue weighted by molar-refractivity contribution is 14.0. The summed E-state index contributed by atoms with van der Waals surface area (Å²) in [5.74, 6) is 0.624. The molecule has 10 heteroatoms. The van der Waals surface area contributed by atoms with Gasteiger partial charge in [-0.15, -0.1) is 29.1 Å². The molecule has 0 saturated heterocycles. The lowest BCUT2D eigenvalue weighted by Gasteiger charge is -2.20. The van der Waals surface area contributed by atoms with Crippen LogP contribution in [-0.2, 0) is 11.3 Å². The van der Waals surface area contributed by atoms with Crippen molar-refractivity contribution in [3.8, 4) is 0 Å². The van der Waals surface area contributed by atoms with Gasteiger partial charge in [-0.05, 0) is 25.0 Å². The quantitative estimate of drug-likeness (QED) is 0.199.